The number of aromatic amines is 3. The molecular formula is C11H8N4O2S. The number of hydrogen-bond acceptors (Lipinski definition) is 3. The van der Waals surface area contributed by atoms with Crippen LogP contribution >= 0.6 is 11.3 Å². The van der Waals surface area contributed by atoms with Crippen LogP contribution in [-0.2, 0) is 0 Å². The van der Waals surface area contributed by atoms with Crippen molar-refractivity contribution in [2.24, 2.45) is 5.18 Å². The fourth-order valence-electron chi connectivity index (χ4n) is 1.70. The Hall–Kier alpha value is -2.41. The second kappa shape index (κ2) is 4.11. The van der Waals surface area contributed by atoms with Crippen molar-refractivity contribution in [3.8, 4) is 0 Å². The first-order valence-corrected chi connectivity index (χ1v) is 5.98. The standard InChI is InChI=1S/C11H8N4O2S/c16-10(15-17)6-1-2-8-7(5-6)14-9-11(18-8)13-4-3-12-9/h1-5,12-14H. The van der Waals surface area contributed by atoms with E-state index in [4.69, 9.17) is 0 Å². The third-order valence-corrected chi connectivity index (χ3v) is 3.64. The summed E-state index contributed by atoms with van der Waals surface area (Å²) in [6.07, 6.45) is 3.56. The highest BCUT2D eigenvalue weighted by molar-refractivity contribution is 7.16. The minimum atomic E-state index is -0.765. The molecule has 0 bridgehead atoms. The third kappa shape index (κ3) is 1.70. The highest BCUT2D eigenvalue weighted by Gasteiger charge is 2.06. The molecule has 3 rings (SSSR count). The van der Waals surface area contributed by atoms with Crippen LogP contribution in [0.3, 0.4) is 0 Å². The predicted molar refractivity (Wildman–Crippen MR) is 67.9 cm³/mol. The minimum absolute atomic E-state index is 0.278. The molecule has 0 radical (unpaired) electrons. The fourth-order valence-corrected chi connectivity index (χ4v) is 2.62. The van der Waals surface area contributed by atoms with E-state index in [9.17, 15) is 9.70 Å². The van der Waals surface area contributed by atoms with Gasteiger partial charge in [0.25, 0.3) is 0 Å². The largest absolute Gasteiger partial charge is 0.349 e. The van der Waals surface area contributed by atoms with Gasteiger partial charge in [0.15, 0.2) is 0 Å². The van der Waals surface area contributed by atoms with Gasteiger partial charge in [-0.15, -0.1) is 16.2 Å². The normalized spacial score (nSPS) is 10.7. The van der Waals surface area contributed by atoms with Gasteiger partial charge in [-0.2, -0.15) is 0 Å². The molecule has 0 fully saturated rings. The molecule has 0 spiro atoms. The summed E-state index contributed by atoms with van der Waals surface area (Å²) >= 11 is 1.54. The van der Waals surface area contributed by atoms with Crippen molar-refractivity contribution in [3.05, 3.63) is 51.2 Å². The lowest BCUT2D eigenvalue weighted by Gasteiger charge is -2.01. The van der Waals surface area contributed by atoms with Crippen LogP contribution < -0.4 is 0 Å². The molecule has 0 aliphatic carbocycles. The zero-order chi connectivity index (χ0) is 12.5. The van der Waals surface area contributed by atoms with Gasteiger partial charge in [0.1, 0.15) is 10.1 Å². The SMILES string of the molecule is O=NC(=O)c1ccc2sc3[nH]cc[nH]c=3[nH]c2c1. The van der Waals surface area contributed by atoms with Crippen molar-refractivity contribution in [2.75, 3.05) is 0 Å². The van der Waals surface area contributed by atoms with Crippen LogP contribution in [0.1, 0.15) is 10.4 Å². The van der Waals surface area contributed by atoms with E-state index in [0.717, 1.165) is 20.4 Å². The number of fused-ring (bicyclic) bond motifs is 1. The number of carbonyl (C=O) groups is 1. The van der Waals surface area contributed by atoms with Crippen molar-refractivity contribution >= 4 is 27.5 Å². The topological polar surface area (TPSA) is 93.9 Å². The molecule has 90 valence electrons. The molecule has 1 aromatic carbocycles. The van der Waals surface area contributed by atoms with Gasteiger partial charge in [-0.3, -0.25) is 4.79 Å². The molecule has 2 aliphatic heterocycles. The monoisotopic (exact) mass is 260 g/mol. The Labute approximate surface area is 104 Å². The molecule has 3 N–H and O–H groups in total. The van der Waals surface area contributed by atoms with Crippen LogP contribution in [0.15, 0.2) is 35.8 Å². The first-order chi connectivity index (χ1) is 8.78. The number of aromatic nitrogens is 3. The van der Waals surface area contributed by atoms with Gasteiger partial charge in [0.05, 0.1) is 10.2 Å². The van der Waals surface area contributed by atoms with E-state index in [1.165, 1.54) is 0 Å². The molecule has 7 heteroatoms. The molecule has 2 heterocycles. The molecule has 0 saturated carbocycles. The first kappa shape index (κ1) is 10.7. The van der Waals surface area contributed by atoms with E-state index in [0.29, 0.717) is 0 Å². The van der Waals surface area contributed by atoms with Gasteiger partial charge in [0.2, 0.25) is 0 Å². The van der Waals surface area contributed by atoms with Gasteiger partial charge in [0, 0.05) is 23.1 Å². The average molecular weight is 260 g/mol. The number of H-pyrrole nitrogens is 3. The Kier molecular flexibility index (Phi) is 2.45. The van der Waals surface area contributed by atoms with Crippen LogP contribution in [0.25, 0.3) is 10.2 Å². The summed E-state index contributed by atoms with van der Waals surface area (Å²) in [5.41, 5.74) is 1.87. The van der Waals surface area contributed by atoms with Gasteiger partial charge in [-0.25, -0.2) is 0 Å². The lowest BCUT2D eigenvalue weighted by molar-refractivity contribution is 0.100. The van der Waals surface area contributed by atoms with Crippen molar-refractivity contribution in [1.29, 1.82) is 0 Å². The molecule has 2 aliphatic rings. The highest BCUT2D eigenvalue weighted by atomic mass is 32.1. The molecular weight excluding hydrogens is 252 g/mol. The Morgan fingerprint density at radius 3 is 2.89 bits per heavy atom. The number of nitrogens with one attached hydrogen (secondary N) is 3. The number of carbonyl (C=O) groups excluding carboxylic acids is 1. The number of nitroso groups, excluding NO2 is 1. The van der Waals surface area contributed by atoms with E-state index >= 15 is 0 Å². The first-order valence-electron chi connectivity index (χ1n) is 5.17. The van der Waals surface area contributed by atoms with Crippen molar-refractivity contribution in [2.45, 2.75) is 0 Å². The number of amides is 1. The maximum atomic E-state index is 11.2. The Balaban J connectivity index is 2.34. The van der Waals surface area contributed by atoms with Crippen molar-refractivity contribution < 1.29 is 4.79 Å². The van der Waals surface area contributed by atoms with Crippen LogP contribution in [0, 0.1) is 15.0 Å². The smallest absolute Gasteiger partial charge is 0.316 e. The molecule has 1 aromatic rings. The number of nitrogens with zero attached hydrogens (tertiary/aromatic N) is 1. The summed E-state index contributed by atoms with van der Waals surface area (Å²) < 4.78 is 1.93. The highest BCUT2D eigenvalue weighted by Crippen LogP contribution is 2.19. The molecule has 1 amide bonds. The van der Waals surface area contributed by atoms with Gasteiger partial charge >= 0.3 is 5.91 Å². The van der Waals surface area contributed by atoms with Gasteiger partial charge in [-0.05, 0) is 18.2 Å². The minimum Gasteiger partial charge on any atom is -0.349 e. The van der Waals surface area contributed by atoms with E-state index in [2.05, 4.69) is 20.1 Å². The van der Waals surface area contributed by atoms with E-state index < -0.39 is 5.91 Å². The Morgan fingerprint density at radius 1 is 1.22 bits per heavy atom. The maximum Gasteiger partial charge on any atom is 0.316 e. The summed E-state index contributed by atoms with van der Waals surface area (Å²) in [6, 6.07) is 5.00. The van der Waals surface area contributed by atoms with E-state index in [1.807, 2.05) is 0 Å². The van der Waals surface area contributed by atoms with Crippen LogP contribution in [0.4, 0.5) is 0 Å². The quantitative estimate of drug-likeness (QED) is 0.586. The summed E-state index contributed by atoms with van der Waals surface area (Å²) in [7, 11) is 0. The van der Waals surface area contributed by atoms with Crippen LogP contribution in [0.2, 0.25) is 0 Å². The maximum absolute atomic E-state index is 11.2. The number of rotatable bonds is 1. The zero-order valence-corrected chi connectivity index (χ0v) is 9.88. The molecule has 18 heavy (non-hydrogen) atoms. The van der Waals surface area contributed by atoms with Gasteiger partial charge < -0.3 is 15.0 Å². The van der Waals surface area contributed by atoms with E-state index in [-0.39, 0.29) is 5.56 Å². The number of benzene rings is 1. The lowest BCUT2D eigenvalue weighted by atomic mass is 10.2. The third-order valence-electron chi connectivity index (χ3n) is 2.53. The zero-order valence-electron chi connectivity index (χ0n) is 9.06. The molecule has 0 unspecified atom stereocenters. The lowest BCUT2D eigenvalue weighted by Crippen LogP contribution is -1.94. The van der Waals surface area contributed by atoms with Crippen LogP contribution in [0.5, 0.6) is 0 Å². The second-order valence-electron chi connectivity index (χ2n) is 3.66. The molecule has 0 aromatic heterocycles. The Bertz CT molecular complexity index is 836. The average Bonchev–Trinajstić information content (AvgIpc) is 2.43. The molecule has 0 atom stereocenters. The summed E-state index contributed by atoms with van der Waals surface area (Å²) in [6.45, 7) is 0. The van der Waals surface area contributed by atoms with Crippen molar-refractivity contribution in [1.82, 2.24) is 15.0 Å². The summed E-state index contributed by atoms with van der Waals surface area (Å²) in [5.74, 6) is -0.765. The molecule has 0 saturated heterocycles. The summed E-state index contributed by atoms with van der Waals surface area (Å²) in [4.78, 5) is 30.8. The van der Waals surface area contributed by atoms with E-state index in [1.54, 1.807) is 41.9 Å². The van der Waals surface area contributed by atoms with Crippen molar-refractivity contribution in [3.63, 3.8) is 0 Å². The summed E-state index contributed by atoms with van der Waals surface area (Å²) in [5, 5.41) is 2.41. The Morgan fingerprint density at radius 2 is 2.06 bits per heavy atom. The fraction of sp³-hybridized carbons (Fsp3) is 0. The van der Waals surface area contributed by atoms with Crippen LogP contribution in [-0.4, -0.2) is 20.9 Å². The number of hydrogen-bond donors (Lipinski definition) is 3. The second-order valence-corrected chi connectivity index (χ2v) is 4.71. The predicted octanol–water partition coefficient (Wildman–Crippen LogP) is 2.64. The molecule has 6 nitrogen and oxygen atoms in total. The van der Waals surface area contributed by atoms with Gasteiger partial charge in [-0.1, -0.05) is 0 Å².